The van der Waals surface area contributed by atoms with E-state index < -0.39 is 0 Å². The molecule has 2 aromatic carbocycles. The Balaban J connectivity index is 1.49. The molecule has 1 aliphatic heterocycles. The highest BCUT2D eigenvalue weighted by Gasteiger charge is 2.14. The molecule has 5 nitrogen and oxygen atoms in total. The van der Waals surface area contributed by atoms with Crippen molar-refractivity contribution in [1.82, 2.24) is 19.7 Å². The Kier molecular flexibility index (Phi) is 3.28. The van der Waals surface area contributed by atoms with Gasteiger partial charge < -0.3 is 4.98 Å². The number of imidazole rings is 1. The lowest BCUT2D eigenvalue weighted by Crippen LogP contribution is -2.03. The van der Waals surface area contributed by atoms with Gasteiger partial charge in [0.1, 0.15) is 5.69 Å². The number of H-pyrrole nitrogens is 1. The quantitative estimate of drug-likeness (QED) is 0.612. The summed E-state index contributed by atoms with van der Waals surface area (Å²) in [6, 6.07) is 14.9. The van der Waals surface area contributed by atoms with Gasteiger partial charge in [-0.25, -0.2) is 4.98 Å². The van der Waals surface area contributed by atoms with Gasteiger partial charge in [-0.3, -0.25) is 9.67 Å². The molecule has 0 amide bonds. The Morgan fingerprint density at radius 3 is 2.77 bits per heavy atom. The van der Waals surface area contributed by atoms with Crippen molar-refractivity contribution in [3.05, 3.63) is 70.4 Å². The smallest absolute Gasteiger partial charge is 0.159 e. The summed E-state index contributed by atoms with van der Waals surface area (Å²) in [6.07, 6.45) is 1.92. The van der Waals surface area contributed by atoms with Crippen molar-refractivity contribution in [2.24, 2.45) is 4.99 Å². The van der Waals surface area contributed by atoms with Crippen LogP contribution in [0.1, 0.15) is 27.9 Å². The maximum Gasteiger partial charge on any atom is 0.159 e. The van der Waals surface area contributed by atoms with E-state index >= 15 is 0 Å². The van der Waals surface area contributed by atoms with Crippen LogP contribution in [0.3, 0.4) is 0 Å². The number of nitrogens with one attached hydrogen (secondary N) is 1. The molecule has 0 fully saturated rings. The first-order valence-electron chi connectivity index (χ1n) is 8.78. The van der Waals surface area contributed by atoms with Crippen molar-refractivity contribution in [2.75, 3.05) is 0 Å². The average molecular weight is 341 g/mol. The molecular weight excluding hydrogens is 322 g/mol. The number of aromatic amines is 1. The van der Waals surface area contributed by atoms with Crippen LogP contribution in [0.4, 0.5) is 0 Å². The van der Waals surface area contributed by atoms with Crippen LogP contribution < -0.4 is 0 Å². The van der Waals surface area contributed by atoms with Crippen LogP contribution in [0.2, 0.25) is 0 Å². The van der Waals surface area contributed by atoms with Crippen molar-refractivity contribution >= 4 is 17.2 Å². The third-order valence-electron chi connectivity index (χ3n) is 4.91. The fraction of sp³-hybridized carbons (Fsp3) is 0.190. The molecule has 0 aliphatic carbocycles. The van der Waals surface area contributed by atoms with Crippen molar-refractivity contribution < 1.29 is 0 Å². The molecule has 0 unspecified atom stereocenters. The Bertz CT molecular complexity index is 1150. The number of aliphatic imine (C=N–C) groups is 1. The SMILES string of the molecule is Cc1ccc(Cn2nc(-c3nc4cc5c(cc4[nH]3)CN=C5)cc2C)cc1. The highest BCUT2D eigenvalue weighted by Crippen LogP contribution is 2.25. The lowest BCUT2D eigenvalue weighted by Gasteiger charge is -2.04. The fourth-order valence-electron chi connectivity index (χ4n) is 3.39. The van der Waals surface area contributed by atoms with Crippen molar-refractivity contribution in [3.63, 3.8) is 0 Å². The number of rotatable bonds is 3. The first-order chi connectivity index (χ1) is 12.7. The van der Waals surface area contributed by atoms with E-state index in [4.69, 9.17) is 10.1 Å². The summed E-state index contributed by atoms with van der Waals surface area (Å²) in [5.41, 5.74) is 8.91. The predicted molar refractivity (Wildman–Crippen MR) is 104 cm³/mol. The Hall–Kier alpha value is -3.21. The molecule has 1 aliphatic rings. The molecule has 0 spiro atoms. The maximum atomic E-state index is 4.77. The molecule has 128 valence electrons. The van der Waals surface area contributed by atoms with Gasteiger partial charge >= 0.3 is 0 Å². The molecule has 5 rings (SSSR count). The fourth-order valence-corrected chi connectivity index (χ4v) is 3.39. The number of hydrogen-bond donors (Lipinski definition) is 1. The lowest BCUT2D eigenvalue weighted by molar-refractivity contribution is 0.666. The molecule has 4 aromatic rings. The number of benzene rings is 2. The molecule has 0 atom stereocenters. The van der Waals surface area contributed by atoms with E-state index in [1.54, 1.807) is 0 Å². The minimum absolute atomic E-state index is 0.754. The topological polar surface area (TPSA) is 58.9 Å². The molecule has 3 heterocycles. The maximum absolute atomic E-state index is 4.77. The van der Waals surface area contributed by atoms with Crippen LogP contribution >= 0.6 is 0 Å². The first kappa shape index (κ1) is 15.1. The van der Waals surface area contributed by atoms with E-state index in [0.29, 0.717) is 0 Å². The van der Waals surface area contributed by atoms with Gasteiger partial charge in [0.15, 0.2) is 5.82 Å². The van der Waals surface area contributed by atoms with Crippen molar-refractivity contribution in [2.45, 2.75) is 26.9 Å². The van der Waals surface area contributed by atoms with Crippen LogP contribution in [-0.4, -0.2) is 26.0 Å². The second kappa shape index (κ2) is 5.66. The Labute approximate surface area is 151 Å². The molecule has 2 aromatic heterocycles. The monoisotopic (exact) mass is 341 g/mol. The van der Waals surface area contributed by atoms with Crippen LogP contribution in [0.25, 0.3) is 22.6 Å². The van der Waals surface area contributed by atoms with E-state index in [2.05, 4.69) is 66.3 Å². The van der Waals surface area contributed by atoms with E-state index in [9.17, 15) is 0 Å². The van der Waals surface area contributed by atoms with E-state index in [1.165, 1.54) is 16.7 Å². The summed E-state index contributed by atoms with van der Waals surface area (Å²) in [7, 11) is 0. The summed E-state index contributed by atoms with van der Waals surface area (Å²) in [5.74, 6) is 0.811. The van der Waals surface area contributed by atoms with Gasteiger partial charge in [-0.2, -0.15) is 5.10 Å². The molecule has 0 radical (unpaired) electrons. The molecule has 1 N–H and O–H groups in total. The molecule has 0 saturated carbocycles. The van der Waals surface area contributed by atoms with Crippen LogP contribution in [0, 0.1) is 13.8 Å². The van der Waals surface area contributed by atoms with Crippen molar-refractivity contribution in [1.29, 1.82) is 0 Å². The minimum atomic E-state index is 0.754. The Morgan fingerprint density at radius 2 is 1.92 bits per heavy atom. The van der Waals surface area contributed by atoms with Crippen molar-refractivity contribution in [3.8, 4) is 11.5 Å². The van der Waals surface area contributed by atoms with Gasteiger partial charge in [-0.15, -0.1) is 0 Å². The van der Waals surface area contributed by atoms with Crippen LogP contribution in [0.5, 0.6) is 0 Å². The average Bonchev–Trinajstić information content (AvgIpc) is 3.33. The third-order valence-corrected chi connectivity index (χ3v) is 4.91. The number of hydrogen-bond acceptors (Lipinski definition) is 3. The number of nitrogens with zero attached hydrogens (tertiary/aromatic N) is 4. The predicted octanol–water partition coefficient (Wildman–Crippen LogP) is 4.02. The standard InChI is InChI=1S/C21H19N5/c1-13-3-5-15(6-4-13)12-26-14(2)7-20(25-26)21-23-18-8-16-10-22-11-17(16)9-19(18)24-21/h3-10H,11-12H2,1-2H3,(H,23,24). The summed E-state index contributed by atoms with van der Waals surface area (Å²) >= 11 is 0. The zero-order valence-corrected chi connectivity index (χ0v) is 14.8. The highest BCUT2D eigenvalue weighted by atomic mass is 15.3. The summed E-state index contributed by atoms with van der Waals surface area (Å²) in [5, 5.41) is 4.77. The van der Waals surface area contributed by atoms with Crippen LogP contribution in [-0.2, 0) is 13.1 Å². The van der Waals surface area contributed by atoms with Crippen LogP contribution in [0.15, 0.2) is 47.5 Å². The number of aromatic nitrogens is 4. The van der Waals surface area contributed by atoms with Gasteiger partial charge in [0.05, 0.1) is 24.1 Å². The van der Waals surface area contributed by atoms with Gasteiger partial charge in [-0.1, -0.05) is 29.8 Å². The number of aryl methyl sites for hydroxylation is 2. The summed E-state index contributed by atoms with van der Waals surface area (Å²) < 4.78 is 2.03. The largest absolute Gasteiger partial charge is 0.337 e. The van der Waals surface area contributed by atoms with E-state index in [-0.39, 0.29) is 0 Å². The zero-order valence-electron chi connectivity index (χ0n) is 14.8. The first-order valence-corrected chi connectivity index (χ1v) is 8.78. The molecule has 0 bridgehead atoms. The van der Waals surface area contributed by atoms with E-state index in [0.717, 1.165) is 46.9 Å². The number of fused-ring (bicyclic) bond motifs is 2. The second-order valence-electron chi connectivity index (χ2n) is 6.94. The van der Waals surface area contributed by atoms with Gasteiger partial charge in [-0.05, 0) is 48.7 Å². The molecule has 5 heteroatoms. The van der Waals surface area contributed by atoms with E-state index in [1.807, 2.05) is 10.9 Å². The Morgan fingerprint density at radius 1 is 1.08 bits per heavy atom. The van der Waals surface area contributed by atoms with Gasteiger partial charge in [0.2, 0.25) is 0 Å². The normalized spacial score (nSPS) is 12.8. The second-order valence-corrected chi connectivity index (χ2v) is 6.94. The van der Waals surface area contributed by atoms with Gasteiger partial charge in [0.25, 0.3) is 0 Å². The zero-order chi connectivity index (χ0) is 17.7. The third kappa shape index (κ3) is 2.52. The molecule has 0 saturated heterocycles. The highest BCUT2D eigenvalue weighted by molar-refractivity contribution is 5.92. The molecular formula is C21H19N5. The lowest BCUT2D eigenvalue weighted by atomic mass is 10.1. The summed E-state index contributed by atoms with van der Waals surface area (Å²) in [4.78, 5) is 12.5. The van der Waals surface area contributed by atoms with Gasteiger partial charge in [0, 0.05) is 11.9 Å². The summed E-state index contributed by atoms with van der Waals surface area (Å²) in [6.45, 7) is 5.70. The molecule has 26 heavy (non-hydrogen) atoms. The minimum Gasteiger partial charge on any atom is -0.337 e.